The number of ether oxygens (including phenoxy) is 1. The Kier molecular flexibility index (Phi) is 6.69. The highest BCUT2D eigenvalue weighted by Crippen LogP contribution is 2.26. The van der Waals surface area contributed by atoms with Crippen LogP contribution in [0.4, 0.5) is 0 Å². The zero-order valence-electron chi connectivity index (χ0n) is 17.0. The van der Waals surface area contributed by atoms with E-state index in [1.807, 2.05) is 70.2 Å². The molecule has 0 N–H and O–H groups in total. The molecule has 7 heteroatoms. The maximum absolute atomic E-state index is 12.8. The minimum Gasteiger partial charge on any atom is -0.483 e. The van der Waals surface area contributed by atoms with E-state index in [4.69, 9.17) is 9.26 Å². The molecule has 0 spiro atoms. The van der Waals surface area contributed by atoms with E-state index in [1.54, 1.807) is 4.90 Å². The van der Waals surface area contributed by atoms with E-state index in [0.717, 1.165) is 21.2 Å². The van der Waals surface area contributed by atoms with Gasteiger partial charge in [-0.05, 0) is 51.0 Å². The van der Waals surface area contributed by atoms with Gasteiger partial charge in [0, 0.05) is 16.1 Å². The SMILES string of the molecule is Cc1cc(OCC(=O)N(Cc2nc(-c3ccccc3)no2)C(C)C)c(C)cc1Br. The Morgan fingerprint density at radius 2 is 1.90 bits per heavy atom. The summed E-state index contributed by atoms with van der Waals surface area (Å²) in [5.74, 6) is 1.46. The van der Waals surface area contributed by atoms with E-state index < -0.39 is 0 Å². The van der Waals surface area contributed by atoms with Crippen LogP contribution in [0.15, 0.2) is 51.5 Å². The van der Waals surface area contributed by atoms with Gasteiger partial charge >= 0.3 is 0 Å². The summed E-state index contributed by atoms with van der Waals surface area (Å²) >= 11 is 3.50. The average molecular weight is 458 g/mol. The van der Waals surface area contributed by atoms with Crippen molar-refractivity contribution in [3.63, 3.8) is 0 Å². The molecule has 2 aromatic carbocycles. The van der Waals surface area contributed by atoms with Crippen molar-refractivity contribution in [2.45, 2.75) is 40.3 Å². The zero-order chi connectivity index (χ0) is 21.0. The molecule has 0 saturated heterocycles. The number of rotatable bonds is 7. The standard InChI is InChI=1S/C22H24BrN3O3/c1-14(2)26(12-20-24-22(25-29-20)17-8-6-5-7-9-17)21(27)13-28-19-11-15(3)18(23)10-16(19)4/h5-11,14H,12-13H2,1-4H3. The lowest BCUT2D eigenvalue weighted by Gasteiger charge is -2.25. The second-order valence-electron chi connectivity index (χ2n) is 7.15. The van der Waals surface area contributed by atoms with E-state index in [-0.39, 0.29) is 25.1 Å². The van der Waals surface area contributed by atoms with Crippen LogP contribution >= 0.6 is 15.9 Å². The van der Waals surface area contributed by atoms with Crippen molar-refractivity contribution in [1.29, 1.82) is 0 Å². The summed E-state index contributed by atoms with van der Waals surface area (Å²) in [5.41, 5.74) is 2.89. The fourth-order valence-electron chi connectivity index (χ4n) is 2.86. The molecule has 3 aromatic rings. The third-order valence-corrected chi connectivity index (χ3v) is 5.41. The molecule has 0 aliphatic rings. The number of hydrogen-bond acceptors (Lipinski definition) is 5. The summed E-state index contributed by atoms with van der Waals surface area (Å²) < 4.78 is 12.2. The van der Waals surface area contributed by atoms with Crippen molar-refractivity contribution in [2.75, 3.05) is 6.61 Å². The van der Waals surface area contributed by atoms with Gasteiger partial charge in [0.2, 0.25) is 11.7 Å². The Morgan fingerprint density at radius 1 is 1.17 bits per heavy atom. The Hall–Kier alpha value is -2.67. The largest absolute Gasteiger partial charge is 0.483 e. The third-order valence-electron chi connectivity index (χ3n) is 4.56. The van der Waals surface area contributed by atoms with Gasteiger partial charge in [-0.25, -0.2) is 0 Å². The van der Waals surface area contributed by atoms with Crippen LogP contribution in [0, 0.1) is 13.8 Å². The van der Waals surface area contributed by atoms with Gasteiger partial charge in [0.1, 0.15) is 12.3 Å². The molecule has 1 aromatic heterocycles. The first-order valence-electron chi connectivity index (χ1n) is 9.42. The Balaban J connectivity index is 1.68. The summed E-state index contributed by atoms with van der Waals surface area (Å²) in [5, 5.41) is 4.02. The molecule has 6 nitrogen and oxygen atoms in total. The average Bonchev–Trinajstić information content (AvgIpc) is 3.17. The third kappa shape index (κ3) is 5.23. The first-order valence-corrected chi connectivity index (χ1v) is 10.2. The Bertz CT molecular complexity index is 986. The van der Waals surface area contributed by atoms with E-state index in [9.17, 15) is 4.79 Å². The van der Waals surface area contributed by atoms with Crippen LogP contribution < -0.4 is 4.74 Å². The van der Waals surface area contributed by atoms with Crippen LogP contribution in [0.2, 0.25) is 0 Å². The van der Waals surface area contributed by atoms with Gasteiger partial charge in [-0.1, -0.05) is 51.4 Å². The van der Waals surface area contributed by atoms with Gasteiger partial charge in [-0.3, -0.25) is 4.79 Å². The molecule has 29 heavy (non-hydrogen) atoms. The van der Waals surface area contributed by atoms with Gasteiger partial charge in [0.25, 0.3) is 5.91 Å². The van der Waals surface area contributed by atoms with Crippen molar-refractivity contribution in [3.05, 3.63) is 64.0 Å². The molecule has 0 aliphatic carbocycles. The highest BCUT2D eigenvalue weighted by atomic mass is 79.9. The monoisotopic (exact) mass is 457 g/mol. The lowest BCUT2D eigenvalue weighted by Crippen LogP contribution is -2.39. The minimum absolute atomic E-state index is 0.0362. The molecule has 0 fully saturated rings. The highest BCUT2D eigenvalue weighted by molar-refractivity contribution is 9.10. The second-order valence-corrected chi connectivity index (χ2v) is 8.00. The number of aryl methyl sites for hydroxylation is 2. The van der Waals surface area contributed by atoms with Crippen LogP contribution in [0.1, 0.15) is 30.9 Å². The number of benzene rings is 2. The molecular weight excluding hydrogens is 434 g/mol. The van der Waals surface area contributed by atoms with E-state index in [1.165, 1.54) is 0 Å². The number of hydrogen-bond donors (Lipinski definition) is 0. The van der Waals surface area contributed by atoms with Crippen LogP contribution in [0.5, 0.6) is 5.75 Å². The number of carbonyl (C=O) groups is 1. The fraction of sp³-hybridized carbons (Fsp3) is 0.318. The van der Waals surface area contributed by atoms with Gasteiger partial charge in [0.05, 0.1) is 0 Å². The van der Waals surface area contributed by atoms with Crippen molar-refractivity contribution in [3.8, 4) is 17.1 Å². The van der Waals surface area contributed by atoms with Gasteiger partial charge in [-0.15, -0.1) is 0 Å². The predicted octanol–water partition coefficient (Wildman–Crippen LogP) is 4.93. The molecule has 0 saturated carbocycles. The Labute approximate surface area is 179 Å². The van der Waals surface area contributed by atoms with E-state index in [0.29, 0.717) is 17.5 Å². The molecule has 1 heterocycles. The van der Waals surface area contributed by atoms with Crippen molar-refractivity contribution >= 4 is 21.8 Å². The fourth-order valence-corrected chi connectivity index (χ4v) is 3.32. The maximum atomic E-state index is 12.8. The summed E-state index contributed by atoms with van der Waals surface area (Å²) in [7, 11) is 0. The Morgan fingerprint density at radius 3 is 2.59 bits per heavy atom. The number of halogens is 1. The predicted molar refractivity (Wildman–Crippen MR) is 115 cm³/mol. The molecule has 3 rings (SSSR count). The topological polar surface area (TPSA) is 68.5 Å². The lowest BCUT2D eigenvalue weighted by molar-refractivity contribution is -0.136. The minimum atomic E-state index is -0.139. The molecule has 152 valence electrons. The van der Waals surface area contributed by atoms with Crippen molar-refractivity contribution < 1.29 is 14.1 Å². The first-order chi connectivity index (χ1) is 13.8. The maximum Gasteiger partial charge on any atom is 0.261 e. The molecule has 0 bridgehead atoms. The van der Waals surface area contributed by atoms with Gasteiger partial charge in [-0.2, -0.15) is 4.98 Å². The van der Waals surface area contributed by atoms with E-state index >= 15 is 0 Å². The highest BCUT2D eigenvalue weighted by Gasteiger charge is 2.21. The van der Waals surface area contributed by atoms with Crippen LogP contribution in [-0.4, -0.2) is 33.6 Å². The lowest BCUT2D eigenvalue weighted by atomic mass is 10.1. The number of carbonyl (C=O) groups excluding carboxylic acids is 1. The van der Waals surface area contributed by atoms with Crippen LogP contribution in [0.3, 0.4) is 0 Å². The quantitative estimate of drug-likeness (QED) is 0.502. The molecule has 0 radical (unpaired) electrons. The smallest absolute Gasteiger partial charge is 0.261 e. The normalized spacial score (nSPS) is 11.0. The molecule has 0 unspecified atom stereocenters. The second kappa shape index (κ2) is 9.22. The first kappa shape index (κ1) is 21.0. The molecule has 1 amide bonds. The molecule has 0 atom stereocenters. The summed E-state index contributed by atoms with van der Waals surface area (Å²) in [6.45, 7) is 8.01. The van der Waals surface area contributed by atoms with Crippen LogP contribution in [-0.2, 0) is 11.3 Å². The number of nitrogens with zero attached hydrogens (tertiary/aromatic N) is 3. The van der Waals surface area contributed by atoms with E-state index in [2.05, 4.69) is 26.1 Å². The zero-order valence-corrected chi connectivity index (χ0v) is 18.6. The van der Waals surface area contributed by atoms with Gasteiger partial charge in [0.15, 0.2) is 6.61 Å². The van der Waals surface area contributed by atoms with Crippen molar-refractivity contribution in [1.82, 2.24) is 15.0 Å². The number of aromatic nitrogens is 2. The molecule has 0 aliphatic heterocycles. The van der Waals surface area contributed by atoms with Crippen molar-refractivity contribution in [2.24, 2.45) is 0 Å². The summed E-state index contributed by atoms with van der Waals surface area (Å²) in [6, 6.07) is 13.5. The van der Waals surface area contributed by atoms with Crippen LogP contribution in [0.25, 0.3) is 11.4 Å². The summed E-state index contributed by atoms with van der Waals surface area (Å²) in [4.78, 5) is 18.9. The summed E-state index contributed by atoms with van der Waals surface area (Å²) in [6.07, 6.45) is 0. The molecular formula is C22H24BrN3O3. The van der Waals surface area contributed by atoms with Gasteiger partial charge < -0.3 is 14.2 Å². The number of amides is 1.